The van der Waals surface area contributed by atoms with Crippen LogP contribution in [0.25, 0.3) is 5.69 Å². The Morgan fingerprint density at radius 1 is 1.38 bits per heavy atom. The quantitative estimate of drug-likeness (QED) is 0.778. The molecule has 6 nitrogen and oxygen atoms in total. The predicted octanol–water partition coefficient (Wildman–Crippen LogP) is 2.47. The van der Waals surface area contributed by atoms with Gasteiger partial charge in [-0.05, 0) is 19.1 Å². The molecule has 106 valence electrons. The third kappa shape index (κ3) is 2.63. The molecule has 2 heterocycles. The summed E-state index contributed by atoms with van der Waals surface area (Å²) in [5.74, 6) is -0.214. The zero-order chi connectivity index (χ0) is 14.8. The molecular weight excluding hydrogens is 286 g/mol. The number of nitrogens with one attached hydrogen (secondary N) is 1. The largest absolute Gasteiger partial charge is 0.375 e. The number of nitrogens with zero attached hydrogens (tertiary/aromatic N) is 3. The Balaban J connectivity index is 1.92. The molecule has 7 heteroatoms. The van der Waals surface area contributed by atoms with E-state index in [1.807, 2.05) is 35.0 Å². The van der Waals surface area contributed by atoms with E-state index in [4.69, 9.17) is 5.73 Å². The van der Waals surface area contributed by atoms with Gasteiger partial charge in [0.1, 0.15) is 4.88 Å². The van der Waals surface area contributed by atoms with Gasteiger partial charge in [-0.15, -0.1) is 0 Å². The molecule has 0 saturated carbocycles. The summed E-state index contributed by atoms with van der Waals surface area (Å²) in [6.07, 6.45) is 5.19. The minimum Gasteiger partial charge on any atom is -0.375 e. The SMILES string of the molecule is Cc1nc(N)sc1C(=O)Nc1ccccc1-n1ccnc1. The molecule has 0 radical (unpaired) electrons. The summed E-state index contributed by atoms with van der Waals surface area (Å²) < 4.78 is 1.84. The van der Waals surface area contributed by atoms with E-state index >= 15 is 0 Å². The van der Waals surface area contributed by atoms with E-state index in [0.29, 0.717) is 21.4 Å². The van der Waals surface area contributed by atoms with Crippen LogP contribution in [0.15, 0.2) is 43.0 Å². The van der Waals surface area contributed by atoms with E-state index in [2.05, 4.69) is 15.3 Å². The monoisotopic (exact) mass is 299 g/mol. The third-order valence-corrected chi connectivity index (χ3v) is 3.94. The maximum atomic E-state index is 12.3. The highest BCUT2D eigenvalue weighted by atomic mass is 32.1. The lowest BCUT2D eigenvalue weighted by atomic mass is 10.2. The van der Waals surface area contributed by atoms with E-state index < -0.39 is 0 Å². The topological polar surface area (TPSA) is 85.8 Å². The summed E-state index contributed by atoms with van der Waals surface area (Å²) in [6, 6.07) is 7.52. The molecule has 1 amide bonds. The highest BCUT2D eigenvalue weighted by molar-refractivity contribution is 7.17. The van der Waals surface area contributed by atoms with Crippen molar-refractivity contribution >= 4 is 28.1 Å². The van der Waals surface area contributed by atoms with Crippen molar-refractivity contribution < 1.29 is 4.79 Å². The van der Waals surface area contributed by atoms with Gasteiger partial charge in [0.25, 0.3) is 5.91 Å². The zero-order valence-corrected chi connectivity index (χ0v) is 12.1. The summed E-state index contributed by atoms with van der Waals surface area (Å²) >= 11 is 1.18. The molecule has 2 aromatic heterocycles. The highest BCUT2D eigenvalue weighted by Crippen LogP contribution is 2.24. The Bertz CT molecular complexity index is 779. The fraction of sp³-hybridized carbons (Fsp3) is 0.0714. The van der Waals surface area contributed by atoms with Crippen LogP contribution in [0.5, 0.6) is 0 Å². The standard InChI is InChI=1S/C14H13N5OS/c1-9-12(21-14(15)17-9)13(20)18-10-4-2-3-5-11(10)19-7-6-16-8-19/h2-8H,1H3,(H2,15,17)(H,18,20). The summed E-state index contributed by atoms with van der Waals surface area (Å²) in [6.45, 7) is 1.77. The number of nitrogen functional groups attached to an aromatic ring is 1. The number of thiazole rings is 1. The van der Waals surface area contributed by atoms with Crippen LogP contribution in [-0.2, 0) is 0 Å². The highest BCUT2D eigenvalue weighted by Gasteiger charge is 2.15. The molecule has 0 fully saturated rings. The third-order valence-electron chi connectivity index (χ3n) is 2.95. The number of carbonyl (C=O) groups is 1. The van der Waals surface area contributed by atoms with Crippen molar-refractivity contribution in [3.05, 3.63) is 53.6 Å². The van der Waals surface area contributed by atoms with Crippen LogP contribution in [-0.4, -0.2) is 20.4 Å². The van der Waals surface area contributed by atoms with Gasteiger partial charge < -0.3 is 15.6 Å². The van der Waals surface area contributed by atoms with Crippen LogP contribution in [0, 0.1) is 6.92 Å². The Labute approximate surface area is 125 Å². The maximum Gasteiger partial charge on any atom is 0.267 e. The van der Waals surface area contributed by atoms with E-state index in [9.17, 15) is 4.79 Å². The van der Waals surface area contributed by atoms with Crippen LogP contribution in [0.3, 0.4) is 0 Å². The van der Waals surface area contributed by atoms with Crippen molar-refractivity contribution in [2.75, 3.05) is 11.1 Å². The molecule has 3 rings (SSSR count). The fourth-order valence-electron chi connectivity index (χ4n) is 2.01. The minimum atomic E-state index is -0.214. The molecule has 21 heavy (non-hydrogen) atoms. The summed E-state index contributed by atoms with van der Waals surface area (Å²) in [5, 5.41) is 3.29. The second-order valence-electron chi connectivity index (χ2n) is 4.41. The number of anilines is 2. The first kappa shape index (κ1) is 13.3. The molecule has 0 spiro atoms. The molecule has 0 aliphatic rings. The Kier molecular flexibility index (Phi) is 3.41. The molecule has 3 N–H and O–H groups in total. The van der Waals surface area contributed by atoms with Crippen LogP contribution >= 0.6 is 11.3 Å². The molecule has 0 saturated heterocycles. The average molecular weight is 299 g/mol. The van der Waals surface area contributed by atoms with Crippen molar-refractivity contribution in [1.29, 1.82) is 0 Å². The molecule has 0 aliphatic carbocycles. The number of para-hydroxylation sites is 2. The van der Waals surface area contributed by atoms with Crippen molar-refractivity contribution in [2.24, 2.45) is 0 Å². The van der Waals surface area contributed by atoms with Gasteiger partial charge in [-0.25, -0.2) is 9.97 Å². The van der Waals surface area contributed by atoms with Gasteiger partial charge in [-0.2, -0.15) is 0 Å². The number of hydrogen-bond acceptors (Lipinski definition) is 5. The van der Waals surface area contributed by atoms with E-state index in [0.717, 1.165) is 5.69 Å². The van der Waals surface area contributed by atoms with Crippen LogP contribution in [0.2, 0.25) is 0 Å². The Hall–Kier alpha value is -2.67. The molecule has 0 atom stereocenters. The Morgan fingerprint density at radius 3 is 2.86 bits per heavy atom. The van der Waals surface area contributed by atoms with Crippen LogP contribution in [0.4, 0.5) is 10.8 Å². The summed E-state index contributed by atoms with van der Waals surface area (Å²) in [4.78, 5) is 21.0. The molecule has 3 aromatic rings. The van der Waals surface area contributed by atoms with Crippen LogP contribution < -0.4 is 11.1 Å². The van der Waals surface area contributed by atoms with Gasteiger partial charge in [0.15, 0.2) is 5.13 Å². The summed E-state index contributed by atoms with van der Waals surface area (Å²) in [5.41, 5.74) is 7.81. The lowest BCUT2D eigenvalue weighted by Gasteiger charge is -2.11. The lowest BCUT2D eigenvalue weighted by Crippen LogP contribution is -2.13. The van der Waals surface area contributed by atoms with E-state index in [1.54, 1.807) is 19.4 Å². The number of imidazole rings is 1. The van der Waals surface area contributed by atoms with Gasteiger partial charge in [-0.3, -0.25) is 4.79 Å². The number of rotatable bonds is 3. The van der Waals surface area contributed by atoms with Gasteiger partial charge in [0, 0.05) is 12.4 Å². The molecule has 0 aliphatic heterocycles. The molecule has 0 bridgehead atoms. The second-order valence-corrected chi connectivity index (χ2v) is 5.44. The van der Waals surface area contributed by atoms with Gasteiger partial charge >= 0.3 is 0 Å². The van der Waals surface area contributed by atoms with Crippen molar-refractivity contribution in [3.8, 4) is 5.69 Å². The fourth-order valence-corrected chi connectivity index (χ4v) is 2.74. The first-order chi connectivity index (χ1) is 10.1. The number of carbonyl (C=O) groups excluding carboxylic acids is 1. The van der Waals surface area contributed by atoms with Crippen molar-refractivity contribution in [3.63, 3.8) is 0 Å². The number of aryl methyl sites for hydroxylation is 1. The molecule has 1 aromatic carbocycles. The first-order valence-electron chi connectivity index (χ1n) is 6.27. The predicted molar refractivity (Wildman–Crippen MR) is 82.8 cm³/mol. The Morgan fingerprint density at radius 2 is 2.19 bits per heavy atom. The number of hydrogen-bond donors (Lipinski definition) is 2. The zero-order valence-electron chi connectivity index (χ0n) is 11.3. The maximum absolute atomic E-state index is 12.3. The van der Waals surface area contributed by atoms with Crippen molar-refractivity contribution in [2.45, 2.75) is 6.92 Å². The average Bonchev–Trinajstić information content (AvgIpc) is 3.09. The van der Waals surface area contributed by atoms with Gasteiger partial charge in [-0.1, -0.05) is 23.5 Å². The summed E-state index contributed by atoms with van der Waals surface area (Å²) in [7, 11) is 0. The van der Waals surface area contributed by atoms with E-state index in [-0.39, 0.29) is 5.91 Å². The first-order valence-corrected chi connectivity index (χ1v) is 7.08. The van der Waals surface area contributed by atoms with Crippen LogP contribution in [0.1, 0.15) is 15.4 Å². The number of benzene rings is 1. The number of nitrogens with two attached hydrogens (primary N) is 1. The number of aromatic nitrogens is 3. The van der Waals surface area contributed by atoms with Gasteiger partial charge in [0.2, 0.25) is 0 Å². The normalized spacial score (nSPS) is 10.5. The second kappa shape index (κ2) is 5.37. The minimum absolute atomic E-state index is 0.214. The van der Waals surface area contributed by atoms with Crippen molar-refractivity contribution in [1.82, 2.24) is 14.5 Å². The van der Waals surface area contributed by atoms with Gasteiger partial charge in [0.05, 0.1) is 23.4 Å². The molecular formula is C14H13N5OS. The molecule has 0 unspecified atom stereocenters. The number of amides is 1. The lowest BCUT2D eigenvalue weighted by molar-refractivity contribution is 0.103. The van der Waals surface area contributed by atoms with E-state index in [1.165, 1.54) is 11.3 Å². The smallest absolute Gasteiger partial charge is 0.267 e.